The van der Waals surface area contributed by atoms with Gasteiger partial charge in [-0.15, -0.1) is 11.8 Å². The molecular formula is C21H24N2O4S. The predicted molar refractivity (Wildman–Crippen MR) is 112 cm³/mol. The van der Waals surface area contributed by atoms with Crippen LogP contribution < -0.4 is 19.7 Å². The molecule has 3 rings (SSSR count). The van der Waals surface area contributed by atoms with E-state index < -0.39 is 0 Å². The Kier molecular flexibility index (Phi) is 6.46. The molecule has 0 aromatic heterocycles. The van der Waals surface area contributed by atoms with Gasteiger partial charge >= 0.3 is 0 Å². The van der Waals surface area contributed by atoms with Gasteiger partial charge in [-0.3, -0.25) is 14.5 Å². The molecule has 0 radical (unpaired) electrons. The van der Waals surface area contributed by atoms with Crippen molar-refractivity contribution in [3.63, 3.8) is 0 Å². The van der Waals surface area contributed by atoms with E-state index >= 15 is 0 Å². The second kappa shape index (κ2) is 9.01. The zero-order chi connectivity index (χ0) is 20.1. The number of hydrogen-bond donors (Lipinski definition) is 1. The molecule has 0 saturated carbocycles. The van der Waals surface area contributed by atoms with Crippen LogP contribution in [0.5, 0.6) is 11.5 Å². The maximum absolute atomic E-state index is 12.6. The van der Waals surface area contributed by atoms with Gasteiger partial charge in [-0.2, -0.15) is 0 Å². The number of amides is 2. The summed E-state index contributed by atoms with van der Waals surface area (Å²) in [5.74, 6) is 1.69. The van der Waals surface area contributed by atoms with Crippen molar-refractivity contribution in [1.82, 2.24) is 0 Å². The summed E-state index contributed by atoms with van der Waals surface area (Å²) in [4.78, 5) is 26.1. The van der Waals surface area contributed by atoms with Crippen molar-refractivity contribution >= 4 is 35.0 Å². The van der Waals surface area contributed by atoms with E-state index in [-0.39, 0.29) is 17.2 Å². The number of thioether (sulfide) groups is 1. The van der Waals surface area contributed by atoms with Crippen LogP contribution in [0.4, 0.5) is 11.4 Å². The fourth-order valence-corrected chi connectivity index (χ4v) is 4.27. The number of nitrogens with one attached hydrogen (secondary N) is 1. The summed E-state index contributed by atoms with van der Waals surface area (Å²) in [5.41, 5.74) is 2.45. The van der Waals surface area contributed by atoms with Crippen LogP contribution in [0.15, 0.2) is 42.5 Å². The van der Waals surface area contributed by atoms with E-state index in [0.29, 0.717) is 29.4 Å². The number of carbonyl (C=O) groups excluding carboxylic acids is 2. The fraction of sp³-hybridized carbons (Fsp3) is 0.333. The van der Waals surface area contributed by atoms with Crippen molar-refractivity contribution in [2.45, 2.75) is 25.1 Å². The van der Waals surface area contributed by atoms with Gasteiger partial charge in [-0.05, 0) is 36.2 Å². The summed E-state index contributed by atoms with van der Waals surface area (Å²) in [5, 5.41) is 2.73. The third kappa shape index (κ3) is 4.25. The highest BCUT2D eigenvalue weighted by Gasteiger charge is 2.35. The van der Waals surface area contributed by atoms with Crippen molar-refractivity contribution in [2.24, 2.45) is 0 Å². The maximum Gasteiger partial charge on any atom is 0.238 e. The molecular weight excluding hydrogens is 376 g/mol. The van der Waals surface area contributed by atoms with E-state index in [1.165, 1.54) is 0 Å². The van der Waals surface area contributed by atoms with Crippen LogP contribution in [-0.2, 0) is 9.59 Å². The molecule has 2 aromatic rings. The fourth-order valence-electron chi connectivity index (χ4n) is 3.10. The molecule has 2 aromatic carbocycles. The molecule has 148 valence electrons. The highest BCUT2D eigenvalue weighted by molar-refractivity contribution is 8.00. The van der Waals surface area contributed by atoms with Gasteiger partial charge in [0.05, 0.1) is 25.7 Å². The van der Waals surface area contributed by atoms with Gasteiger partial charge in [0.2, 0.25) is 11.8 Å². The van der Waals surface area contributed by atoms with Gasteiger partial charge in [-0.1, -0.05) is 19.1 Å². The molecule has 0 spiro atoms. The van der Waals surface area contributed by atoms with E-state index in [4.69, 9.17) is 9.47 Å². The summed E-state index contributed by atoms with van der Waals surface area (Å²) >= 11 is 1.57. The van der Waals surface area contributed by atoms with E-state index in [1.54, 1.807) is 36.9 Å². The second-order valence-corrected chi connectivity index (χ2v) is 7.45. The maximum atomic E-state index is 12.6. The molecule has 6 nitrogen and oxygen atoms in total. The molecule has 1 aliphatic rings. The number of nitrogens with zero attached hydrogens (tertiary/aromatic N) is 1. The number of hydrogen-bond acceptors (Lipinski definition) is 5. The second-order valence-electron chi connectivity index (χ2n) is 6.39. The Balaban J connectivity index is 1.86. The van der Waals surface area contributed by atoms with Gasteiger partial charge in [0.25, 0.3) is 0 Å². The van der Waals surface area contributed by atoms with Crippen LogP contribution in [0, 0.1) is 0 Å². The Hall–Kier alpha value is -2.67. The number of anilines is 2. The number of ether oxygens (including phenoxy) is 2. The van der Waals surface area contributed by atoms with Crippen molar-refractivity contribution in [3.05, 3.63) is 48.0 Å². The Morgan fingerprint density at radius 2 is 1.93 bits per heavy atom. The summed E-state index contributed by atoms with van der Waals surface area (Å²) in [6, 6.07) is 13.1. The molecule has 2 amide bonds. The van der Waals surface area contributed by atoms with E-state index in [9.17, 15) is 9.59 Å². The zero-order valence-electron chi connectivity index (χ0n) is 16.2. The van der Waals surface area contributed by atoms with Gasteiger partial charge < -0.3 is 14.8 Å². The molecule has 7 heteroatoms. The SMILES string of the molecule is CCCC(=O)Nc1ccc([C@@H]2SCC(=O)N2c2ccc(OC)cc2OC)cc1. The summed E-state index contributed by atoms with van der Waals surface area (Å²) < 4.78 is 10.7. The largest absolute Gasteiger partial charge is 0.497 e. The Labute approximate surface area is 169 Å². The lowest BCUT2D eigenvalue weighted by Gasteiger charge is -2.26. The third-order valence-electron chi connectivity index (χ3n) is 4.47. The highest BCUT2D eigenvalue weighted by Crippen LogP contribution is 2.45. The average Bonchev–Trinajstić information content (AvgIpc) is 3.09. The Morgan fingerprint density at radius 1 is 1.18 bits per heavy atom. The van der Waals surface area contributed by atoms with Crippen LogP contribution in [0.25, 0.3) is 0 Å². The topological polar surface area (TPSA) is 67.9 Å². The lowest BCUT2D eigenvalue weighted by molar-refractivity contribution is -0.116. The monoisotopic (exact) mass is 400 g/mol. The summed E-state index contributed by atoms with van der Waals surface area (Å²) in [7, 11) is 3.17. The highest BCUT2D eigenvalue weighted by atomic mass is 32.2. The molecule has 0 bridgehead atoms. The molecule has 1 atom stereocenters. The first-order chi connectivity index (χ1) is 13.6. The lowest BCUT2D eigenvalue weighted by atomic mass is 10.1. The van der Waals surface area contributed by atoms with Crippen molar-refractivity contribution < 1.29 is 19.1 Å². The molecule has 1 aliphatic heterocycles. The van der Waals surface area contributed by atoms with Crippen molar-refractivity contribution in [2.75, 3.05) is 30.2 Å². The third-order valence-corrected chi connectivity index (χ3v) is 5.68. The van der Waals surface area contributed by atoms with Crippen LogP contribution in [0.3, 0.4) is 0 Å². The lowest BCUT2D eigenvalue weighted by Crippen LogP contribution is -2.28. The predicted octanol–water partition coefficient (Wildman–Crippen LogP) is 4.22. The minimum atomic E-state index is -0.157. The van der Waals surface area contributed by atoms with Crippen LogP contribution in [0.1, 0.15) is 30.7 Å². The van der Waals surface area contributed by atoms with E-state index in [1.807, 2.05) is 43.3 Å². The van der Waals surface area contributed by atoms with Gasteiger partial charge in [0, 0.05) is 18.2 Å². The van der Waals surface area contributed by atoms with Crippen LogP contribution in [-0.4, -0.2) is 31.8 Å². The minimum absolute atomic E-state index is 0.00487. The zero-order valence-corrected chi connectivity index (χ0v) is 17.0. The molecule has 1 N–H and O–H groups in total. The summed E-state index contributed by atoms with van der Waals surface area (Å²) in [6.45, 7) is 1.97. The summed E-state index contributed by atoms with van der Waals surface area (Å²) in [6.07, 6.45) is 1.31. The Morgan fingerprint density at radius 3 is 2.57 bits per heavy atom. The first kappa shape index (κ1) is 20.1. The molecule has 1 fully saturated rings. The van der Waals surface area contributed by atoms with E-state index in [0.717, 1.165) is 17.7 Å². The smallest absolute Gasteiger partial charge is 0.238 e. The van der Waals surface area contributed by atoms with Gasteiger partial charge in [-0.25, -0.2) is 0 Å². The molecule has 28 heavy (non-hydrogen) atoms. The average molecular weight is 401 g/mol. The standard InChI is InChI=1S/C21H24N2O4S/c1-4-5-19(24)22-15-8-6-14(7-9-15)21-23(20(25)13-28-21)17-11-10-16(26-2)12-18(17)27-3/h6-12,21H,4-5,13H2,1-3H3,(H,22,24)/t21-/m0/s1. The quantitative estimate of drug-likeness (QED) is 0.754. The normalized spacial score (nSPS) is 16.2. The number of carbonyl (C=O) groups is 2. The van der Waals surface area contributed by atoms with Crippen molar-refractivity contribution in [1.29, 1.82) is 0 Å². The number of benzene rings is 2. The molecule has 1 heterocycles. The molecule has 0 unspecified atom stereocenters. The number of methoxy groups -OCH3 is 2. The first-order valence-corrected chi connectivity index (χ1v) is 10.2. The molecule has 1 saturated heterocycles. The molecule has 0 aliphatic carbocycles. The first-order valence-electron chi connectivity index (χ1n) is 9.13. The van der Waals surface area contributed by atoms with Crippen molar-refractivity contribution in [3.8, 4) is 11.5 Å². The minimum Gasteiger partial charge on any atom is -0.497 e. The van der Waals surface area contributed by atoms with Gasteiger partial charge in [0.1, 0.15) is 16.9 Å². The number of rotatable bonds is 7. The van der Waals surface area contributed by atoms with Gasteiger partial charge in [0.15, 0.2) is 0 Å². The van der Waals surface area contributed by atoms with Crippen LogP contribution >= 0.6 is 11.8 Å². The van der Waals surface area contributed by atoms with Crippen LogP contribution in [0.2, 0.25) is 0 Å². The Bertz CT molecular complexity index is 854. The van der Waals surface area contributed by atoms with E-state index in [2.05, 4.69) is 5.32 Å².